The normalized spacial score (nSPS) is 17.1. The summed E-state index contributed by atoms with van der Waals surface area (Å²) < 4.78 is 5.45. The number of hydrogen-bond donors (Lipinski definition) is 1. The predicted molar refractivity (Wildman–Crippen MR) is 89.5 cm³/mol. The van der Waals surface area contributed by atoms with Gasteiger partial charge in [0, 0.05) is 18.1 Å². The van der Waals surface area contributed by atoms with Gasteiger partial charge in [0.2, 0.25) is 0 Å². The van der Waals surface area contributed by atoms with Crippen LogP contribution in [0.5, 0.6) is 0 Å². The average molecular weight is 336 g/mol. The van der Waals surface area contributed by atoms with E-state index in [-0.39, 0.29) is 11.9 Å². The molecule has 0 aliphatic carbocycles. The molecule has 0 bridgehead atoms. The molecule has 1 unspecified atom stereocenters. The van der Waals surface area contributed by atoms with Crippen molar-refractivity contribution in [1.82, 2.24) is 5.32 Å². The van der Waals surface area contributed by atoms with E-state index in [2.05, 4.69) is 11.4 Å². The Morgan fingerprint density at radius 3 is 2.68 bits per heavy atom. The topological polar surface area (TPSA) is 38.3 Å². The zero-order valence-electron chi connectivity index (χ0n) is 12.1. The molecular weight excluding hydrogens is 318 g/mol. The number of amides is 1. The number of benzene rings is 1. The number of carbonyl (C=O) groups is 1. The SMILES string of the molecule is O=C(NC(c1cccs1)C1CCOCC1)c1ccccc1Cl. The van der Waals surface area contributed by atoms with Gasteiger partial charge in [0.25, 0.3) is 5.91 Å². The van der Waals surface area contributed by atoms with E-state index in [4.69, 9.17) is 16.3 Å². The second-order valence-corrected chi connectivity index (χ2v) is 6.78. The van der Waals surface area contributed by atoms with Gasteiger partial charge < -0.3 is 10.1 Å². The summed E-state index contributed by atoms with van der Waals surface area (Å²) in [6.07, 6.45) is 1.93. The monoisotopic (exact) mass is 335 g/mol. The molecule has 22 heavy (non-hydrogen) atoms. The molecule has 1 aromatic carbocycles. The maximum atomic E-state index is 12.6. The van der Waals surface area contributed by atoms with Gasteiger partial charge in [-0.3, -0.25) is 4.79 Å². The number of ether oxygens (including phenoxy) is 1. The molecule has 1 N–H and O–H groups in total. The summed E-state index contributed by atoms with van der Waals surface area (Å²) in [4.78, 5) is 13.8. The second kappa shape index (κ2) is 7.27. The van der Waals surface area contributed by atoms with Crippen LogP contribution in [0.3, 0.4) is 0 Å². The van der Waals surface area contributed by atoms with Crippen LogP contribution in [0.4, 0.5) is 0 Å². The fourth-order valence-corrected chi connectivity index (χ4v) is 3.89. The van der Waals surface area contributed by atoms with Crippen molar-refractivity contribution >= 4 is 28.8 Å². The van der Waals surface area contributed by atoms with Crippen LogP contribution in [0.2, 0.25) is 5.02 Å². The zero-order valence-corrected chi connectivity index (χ0v) is 13.7. The van der Waals surface area contributed by atoms with Crippen LogP contribution >= 0.6 is 22.9 Å². The summed E-state index contributed by atoms with van der Waals surface area (Å²) in [5.41, 5.74) is 0.526. The van der Waals surface area contributed by atoms with E-state index in [1.165, 1.54) is 4.88 Å². The van der Waals surface area contributed by atoms with E-state index in [1.54, 1.807) is 23.5 Å². The first-order valence-corrected chi connectivity index (χ1v) is 8.68. The number of thiophene rings is 1. The molecule has 1 aliphatic heterocycles. The first kappa shape index (κ1) is 15.5. The van der Waals surface area contributed by atoms with E-state index in [0.29, 0.717) is 16.5 Å². The van der Waals surface area contributed by atoms with E-state index in [0.717, 1.165) is 26.1 Å². The van der Waals surface area contributed by atoms with Crippen molar-refractivity contribution < 1.29 is 9.53 Å². The first-order chi connectivity index (χ1) is 10.8. The summed E-state index contributed by atoms with van der Waals surface area (Å²) >= 11 is 7.81. The highest BCUT2D eigenvalue weighted by molar-refractivity contribution is 7.10. The van der Waals surface area contributed by atoms with Crippen LogP contribution in [-0.2, 0) is 4.74 Å². The number of rotatable bonds is 4. The molecule has 1 fully saturated rings. The number of hydrogen-bond acceptors (Lipinski definition) is 3. The van der Waals surface area contributed by atoms with Gasteiger partial charge in [-0.15, -0.1) is 11.3 Å². The van der Waals surface area contributed by atoms with Gasteiger partial charge in [0.15, 0.2) is 0 Å². The van der Waals surface area contributed by atoms with E-state index in [1.807, 2.05) is 23.6 Å². The van der Waals surface area contributed by atoms with Gasteiger partial charge in [-0.05, 0) is 42.3 Å². The first-order valence-electron chi connectivity index (χ1n) is 7.42. The molecule has 2 aromatic rings. The molecule has 1 atom stereocenters. The summed E-state index contributed by atoms with van der Waals surface area (Å²) in [6, 6.07) is 11.3. The lowest BCUT2D eigenvalue weighted by Crippen LogP contribution is -2.35. The molecule has 116 valence electrons. The molecular formula is C17H18ClNO2S. The summed E-state index contributed by atoms with van der Waals surface area (Å²) in [5, 5.41) is 5.71. The Labute approximate surface area is 139 Å². The van der Waals surface area contributed by atoms with Crippen molar-refractivity contribution in [1.29, 1.82) is 0 Å². The quantitative estimate of drug-likeness (QED) is 0.904. The third-order valence-electron chi connectivity index (χ3n) is 3.99. The van der Waals surface area contributed by atoms with E-state index >= 15 is 0 Å². The molecule has 1 aromatic heterocycles. The van der Waals surface area contributed by atoms with Gasteiger partial charge in [-0.25, -0.2) is 0 Å². The summed E-state index contributed by atoms with van der Waals surface area (Å²) in [5.74, 6) is 0.286. The highest BCUT2D eigenvalue weighted by Crippen LogP contribution is 2.33. The largest absolute Gasteiger partial charge is 0.381 e. The zero-order chi connectivity index (χ0) is 15.4. The maximum absolute atomic E-state index is 12.6. The standard InChI is InChI=1S/C17H18ClNO2S/c18-14-5-2-1-4-13(14)17(20)19-16(15-6-3-11-22-15)12-7-9-21-10-8-12/h1-6,11-12,16H,7-10H2,(H,19,20). The number of carbonyl (C=O) groups excluding carboxylic acids is 1. The van der Waals surface area contributed by atoms with Crippen LogP contribution in [-0.4, -0.2) is 19.1 Å². The number of halogens is 1. The fourth-order valence-electron chi connectivity index (χ4n) is 2.80. The lowest BCUT2D eigenvalue weighted by molar-refractivity contribution is 0.0518. The Kier molecular flexibility index (Phi) is 5.13. The smallest absolute Gasteiger partial charge is 0.253 e. The lowest BCUT2D eigenvalue weighted by Gasteiger charge is -2.30. The minimum Gasteiger partial charge on any atom is -0.381 e. The Bertz CT molecular complexity index is 623. The summed E-state index contributed by atoms with van der Waals surface area (Å²) in [7, 11) is 0. The van der Waals surface area contributed by atoms with Gasteiger partial charge in [-0.2, -0.15) is 0 Å². The molecule has 5 heteroatoms. The molecule has 3 nitrogen and oxygen atoms in total. The third kappa shape index (κ3) is 3.51. The van der Waals surface area contributed by atoms with Gasteiger partial charge in [0.1, 0.15) is 0 Å². The highest BCUT2D eigenvalue weighted by atomic mass is 35.5. The van der Waals surface area contributed by atoms with E-state index < -0.39 is 0 Å². The molecule has 0 saturated carbocycles. The van der Waals surface area contributed by atoms with Crippen LogP contribution in [0.25, 0.3) is 0 Å². The Hall–Kier alpha value is -1.36. The van der Waals surface area contributed by atoms with Crippen molar-refractivity contribution in [3.8, 4) is 0 Å². The van der Waals surface area contributed by atoms with Gasteiger partial charge >= 0.3 is 0 Å². The molecule has 3 rings (SSSR count). The third-order valence-corrected chi connectivity index (χ3v) is 5.28. The van der Waals surface area contributed by atoms with Crippen LogP contribution in [0.15, 0.2) is 41.8 Å². The maximum Gasteiger partial charge on any atom is 0.253 e. The Morgan fingerprint density at radius 1 is 1.23 bits per heavy atom. The Balaban J connectivity index is 1.81. The highest BCUT2D eigenvalue weighted by Gasteiger charge is 2.28. The van der Waals surface area contributed by atoms with Crippen molar-refractivity contribution in [3.05, 3.63) is 57.2 Å². The van der Waals surface area contributed by atoms with E-state index in [9.17, 15) is 4.79 Å². The van der Waals surface area contributed by atoms with Gasteiger partial charge in [-0.1, -0.05) is 29.8 Å². The molecule has 1 aliphatic rings. The molecule has 0 spiro atoms. The minimum absolute atomic E-state index is 0.0210. The molecule has 1 saturated heterocycles. The average Bonchev–Trinajstić information content (AvgIpc) is 3.08. The van der Waals surface area contributed by atoms with Crippen molar-refractivity contribution in [2.24, 2.45) is 5.92 Å². The van der Waals surface area contributed by atoms with Crippen LogP contribution in [0.1, 0.15) is 34.1 Å². The van der Waals surface area contributed by atoms with Crippen LogP contribution < -0.4 is 5.32 Å². The van der Waals surface area contributed by atoms with Gasteiger partial charge in [0.05, 0.1) is 16.6 Å². The summed E-state index contributed by atoms with van der Waals surface area (Å²) in [6.45, 7) is 1.52. The number of nitrogens with one attached hydrogen (secondary N) is 1. The molecule has 0 radical (unpaired) electrons. The van der Waals surface area contributed by atoms with Crippen molar-refractivity contribution in [2.75, 3.05) is 13.2 Å². The van der Waals surface area contributed by atoms with Crippen molar-refractivity contribution in [3.63, 3.8) is 0 Å². The molecule has 1 amide bonds. The molecule has 2 heterocycles. The van der Waals surface area contributed by atoms with Crippen LogP contribution in [0, 0.1) is 5.92 Å². The predicted octanol–water partition coefficient (Wildman–Crippen LogP) is 4.30. The van der Waals surface area contributed by atoms with Crippen molar-refractivity contribution in [2.45, 2.75) is 18.9 Å². The lowest BCUT2D eigenvalue weighted by atomic mass is 9.90. The second-order valence-electron chi connectivity index (χ2n) is 5.40. The minimum atomic E-state index is -0.115. The Morgan fingerprint density at radius 2 is 2.00 bits per heavy atom. The fraction of sp³-hybridized carbons (Fsp3) is 0.353.